The highest BCUT2D eigenvalue weighted by molar-refractivity contribution is 6.06. The SMILES string of the molecule is CCC(C)(C)NC1CC(=O)N(C2CC2)C1=O. The fourth-order valence-corrected chi connectivity index (χ4v) is 2.05. The molecule has 1 saturated carbocycles. The summed E-state index contributed by atoms with van der Waals surface area (Å²) in [4.78, 5) is 25.2. The molecule has 0 aromatic rings. The Hall–Kier alpha value is -0.900. The number of nitrogens with one attached hydrogen (secondary N) is 1. The molecule has 1 heterocycles. The lowest BCUT2D eigenvalue weighted by atomic mass is 10.00. The second kappa shape index (κ2) is 3.84. The number of hydrogen-bond donors (Lipinski definition) is 1. The van der Waals surface area contributed by atoms with Gasteiger partial charge in [-0.25, -0.2) is 0 Å². The average Bonchev–Trinajstić information content (AvgIpc) is 2.97. The molecular weight excluding hydrogens is 204 g/mol. The summed E-state index contributed by atoms with van der Waals surface area (Å²) < 4.78 is 0. The molecule has 16 heavy (non-hydrogen) atoms. The molecule has 0 spiro atoms. The van der Waals surface area contributed by atoms with E-state index in [1.54, 1.807) is 0 Å². The highest BCUT2D eigenvalue weighted by atomic mass is 16.2. The van der Waals surface area contributed by atoms with E-state index < -0.39 is 0 Å². The van der Waals surface area contributed by atoms with Gasteiger partial charge in [-0.15, -0.1) is 0 Å². The van der Waals surface area contributed by atoms with Gasteiger partial charge in [0.1, 0.15) is 0 Å². The van der Waals surface area contributed by atoms with Crippen molar-refractivity contribution in [3.05, 3.63) is 0 Å². The Kier molecular flexibility index (Phi) is 2.78. The van der Waals surface area contributed by atoms with E-state index in [2.05, 4.69) is 26.1 Å². The van der Waals surface area contributed by atoms with Crippen LogP contribution in [0.15, 0.2) is 0 Å². The van der Waals surface area contributed by atoms with Crippen LogP contribution in [-0.4, -0.2) is 34.3 Å². The van der Waals surface area contributed by atoms with Crippen LogP contribution in [0.2, 0.25) is 0 Å². The van der Waals surface area contributed by atoms with E-state index in [4.69, 9.17) is 0 Å². The topological polar surface area (TPSA) is 49.4 Å². The minimum absolute atomic E-state index is 0.00287. The third kappa shape index (κ3) is 2.12. The molecule has 1 saturated heterocycles. The molecule has 0 bridgehead atoms. The van der Waals surface area contributed by atoms with Crippen molar-refractivity contribution in [3.63, 3.8) is 0 Å². The fraction of sp³-hybridized carbons (Fsp3) is 0.833. The lowest BCUT2D eigenvalue weighted by molar-refractivity contribution is -0.139. The molecular formula is C12H20N2O2. The fourth-order valence-electron chi connectivity index (χ4n) is 2.05. The Balaban J connectivity index is 2.02. The number of imide groups is 1. The molecule has 4 nitrogen and oxygen atoms in total. The van der Waals surface area contributed by atoms with Crippen molar-refractivity contribution in [1.29, 1.82) is 0 Å². The monoisotopic (exact) mass is 224 g/mol. The van der Waals surface area contributed by atoms with E-state index in [1.165, 1.54) is 4.90 Å². The smallest absolute Gasteiger partial charge is 0.247 e. The van der Waals surface area contributed by atoms with Crippen LogP contribution in [0.3, 0.4) is 0 Å². The minimum Gasteiger partial charge on any atom is -0.300 e. The summed E-state index contributed by atoms with van der Waals surface area (Å²) in [5.74, 6) is -0.0223. The largest absolute Gasteiger partial charge is 0.300 e. The molecule has 2 amide bonds. The number of carbonyl (C=O) groups is 2. The Morgan fingerprint density at radius 2 is 2.00 bits per heavy atom. The molecule has 2 fully saturated rings. The maximum absolute atomic E-state index is 12.0. The van der Waals surface area contributed by atoms with Crippen molar-refractivity contribution >= 4 is 11.8 Å². The van der Waals surface area contributed by atoms with Crippen LogP contribution in [0, 0.1) is 0 Å². The maximum Gasteiger partial charge on any atom is 0.247 e. The van der Waals surface area contributed by atoms with Crippen LogP contribution in [-0.2, 0) is 9.59 Å². The highest BCUT2D eigenvalue weighted by Crippen LogP contribution is 2.31. The van der Waals surface area contributed by atoms with Gasteiger partial charge in [0.05, 0.1) is 12.5 Å². The zero-order chi connectivity index (χ0) is 11.9. The van der Waals surface area contributed by atoms with Crippen LogP contribution < -0.4 is 5.32 Å². The summed E-state index contributed by atoms with van der Waals surface area (Å²) in [7, 11) is 0. The van der Waals surface area contributed by atoms with Gasteiger partial charge in [-0.1, -0.05) is 6.92 Å². The summed E-state index contributed by atoms with van der Waals surface area (Å²) in [5, 5.41) is 3.29. The van der Waals surface area contributed by atoms with Gasteiger partial charge in [-0.2, -0.15) is 0 Å². The molecule has 0 aromatic heterocycles. The van der Waals surface area contributed by atoms with Gasteiger partial charge in [-0.3, -0.25) is 14.5 Å². The average molecular weight is 224 g/mol. The molecule has 4 heteroatoms. The molecule has 2 aliphatic rings. The molecule has 0 aromatic carbocycles. The van der Waals surface area contributed by atoms with E-state index in [0.29, 0.717) is 6.42 Å². The zero-order valence-electron chi connectivity index (χ0n) is 10.2. The van der Waals surface area contributed by atoms with Crippen LogP contribution in [0.4, 0.5) is 0 Å². The number of carbonyl (C=O) groups excluding carboxylic acids is 2. The summed E-state index contributed by atoms with van der Waals surface area (Å²) in [6, 6.07) is -0.0976. The summed E-state index contributed by atoms with van der Waals surface area (Å²) in [5.41, 5.74) is -0.0832. The molecule has 90 valence electrons. The van der Waals surface area contributed by atoms with E-state index in [1.807, 2.05) is 0 Å². The predicted octanol–water partition coefficient (Wildman–Crippen LogP) is 1.05. The van der Waals surface area contributed by atoms with Crippen molar-refractivity contribution in [2.24, 2.45) is 0 Å². The summed E-state index contributed by atoms with van der Waals surface area (Å²) in [6.45, 7) is 6.20. The Morgan fingerprint density at radius 3 is 2.50 bits per heavy atom. The normalized spacial score (nSPS) is 26.7. The van der Waals surface area contributed by atoms with Crippen LogP contribution in [0.5, 0.6) is 0 Å². The quantitative estimate of drug-likeness (QED) is 0.726. The number of nitrogens with zero attached hydrogens (tertiary/aromatic N) is 1. The van der Waals surface area contributed by atoms with E-state index >= 15 is 0 Å². The van der Waals surface area contributed by atoms with E-state index in [0.717, 1.165) is 19.3 Å². The molecule has 0 radical (unpaired) electrons. The van der Waals surface area contributed by atoms with Crippen molar-refractivity contribution in [3.8, 4) is 0 Å². The second-order valence-electron chi connectivity index (χ2n) is 5.47. The van der Waals surface area contributed by atoms with Crippen molar-refractivity contribution in [2.75, 3.05) is 0 Å². The van der Waals surface area contributed by atoms with Crippen molar-refractivity contribution < 1.29 is 9.59 Å². The number of hydrogen-bond acceptors (Lipinski definition) is 3. The lowest BCUT2D eigenvalue weighted by Gasteiger charge is -2.27. The first-order valence-electron chi connectivity index (χ1n) is 6.08. The van der Waals surface area contributed by atoms with Gasteiger partial charge in [0.25, 0.3) is 0 Å². The Bertz CT molecular complexity index is 321. The maximum atomic E-state index is 12.0. The number of rotatable bonds is 4. The first-order chi connectivity index (χ1) is 7.44. The van der Waals surface area contributed by atoms with Crippen LogP contribution in [0.25, 0.3) is 0 Å². The van der Waals surface area contributed by atoms with Crippen molar-refractivity contribution in [2.45, 2.75) is 64.1 Å². The highest BCUT2D eigenvalue weighted by Gasteiger charge is 2.46. The number of likely N-dealkylation sites (tertiary alicyclic amines) is 1. The molecule has 2 rings (SSSR count). The standard InChI is InChI=1S/C12H20N2O2/c1-4-12(2,3)13-9-7-10(15)14(11(9)16)8-5-6-8/h8-9,13H,4-7H2,1-3H3. The van der Waals surface area contributed by atoms with Gasteiger partial charge in [-0.05, 0) is 33.1 Å². The second-order valence-corrected chi connectivity index (χ2v) is 5.47. The van der Waals surface area contributed by atoms with Crippen LogP contribution >= 0.6 is 0 Å². The van der Waals surface area contributed by atoms with Gasteiger partial charge in [0.2, 0.25) is 11.8 Å². The molecule has 1 N–H and O–H groups in total. The van der Waals surface area contributed by atoms with Gasteiger partial charge >= 0.3 is 0 Å². The molecule has 1 aliphatic carbocycles. The third-order valence-electron chi connectivity index (χ3n) is 3.54. The molecule has 1 atom stereocenters. The summed E-state index contributed by atoms with van der Waals surface area (Å²) in [6.07, 6.45) is 3.25. The first kappa shape index (κ1) is 11.6. The first-order valence-corrected chi connectivity index (χ1v) is 6.08. The Morgan fingerprint density at radius 1 is 1.38 bits per heavy atom. The predicted molar refractivity (Wildman–Crippen MR) is 60.8 cm³/mol. The van der Waals surface area contributed by atoms with Gasteiger partial charge in [0.15, 0.2) is 0 Å². The molecule has 1 aliphatic heterocycles. The number of amides is 2. The minimum atomic E-state index is -0.303. The van der Waals surface area contributed by atoms with Gasteiger partial charge < -0.3 is 5.32 Å². The zero-order valence-corrected chi connectivity index (χ0v) is 10.2. The molecule has 1 unspecified atom stereocenters. The third-order valence-corrected chi connectivity index (χ3v) is 3.54. The van der Waals surface area contributed by atoms with E-state index in [9.17, 15) is 9.59 Å². The lowest BCUT2D eigenvalue weighted by Crippen LogP contribution is -2.49. The van der Waals surface area contributed by atoms with E-state index in [-0.39, 0.29) is 29.4 Å². The Labute approximate surface area is 96.4 Å². The summed E-state index contributed by atoms with van der Waals surface area (Å²) >= 11 is 0. The van der Waals surface area contributed by atoms with Gasteiger partial charge in [0, 0.05) is 11.6 Å². The van der Waals surface area contributed by atoms with Crippen LogP contribution in [0.1, 0.15) is 46.5 Å². The van der Waals surface area contributed by atoms with Crippen molar-refractivity contribution in [1.82, 2.24) is 10.2 Å².